The Kier molecular flexibility index (Phi) is 5.53. The number of quaternary nitrogens is 1. The van der Waals surface area contributed by atoms with Crippen LogP contribution in [-0.4, -0.2) is 5.11 Å². The molecule has 4 atom stereocenters. The van der Waals surface area contributed by atoms with Crippen LogP contribution >= 0.6 is 0 Å². The molecule has 0 saturated carbocycles. The summed E-state index contributed by atoms with van der Waals surface area (Å²) >= 11 is 0. The molecule has 0 aromatic heterocycles. The first kappa shape index (κ1) is 19.8. The monoisotopic (exact) mass is 390 g/mol. The SMILES string of the molecule is CC(C)C1C(c2ccccc2)[NH2+]C(c2ccccc2)CC1(O)c1ccc(F)cc1. The average Bonchev–Trinajstić information content (AvgIpc) is 2.74. The molecule has 2 nitrogen and oxygen atoms in total. The van der Waals surface area contributed by atoms with E-state index in [0.717, 1.165) is 5.56 Å². The Hall–Kier alpha value is -2.49. The summed E-state index contributed by atoms with van der Waals surface area (Å²) in [5, 5.41) is 14.6. The fourth-order valence-corrected chi connectivity index (χ4v) is 5.14. The second kappa shape index (κ2) is 8.10. The normalized spacial score (nSPS) is 27.1. The molecule has 0 spiro atoms. The lowest BCUT2D eigenvalue weighted by atomic mass is 9.64. The molecule has 3 aromatic rings. The van der Waals surface area contributed by atoms with Gasteiger partial charge in [-0.1, -0.05) is 86.6 Å². The quantitative estimate of drug-likeness (QED) is 0.664. The highest BCUT2D eigenvalue weighted by Crippen LogP contribution is 2.48. The predicted molar refractivity (Wildman–Crippen MR) is 114 cm³/mol. The minimum Gasteiger partial charge on any atom is -0.384 e. The average molecular weight is 391 g/mol. The van der Waals surface area contributed by atoms with Gasteiger partial charge in [-0.05, 0) is 23.6 Å². The Morgan fingerprint density at radius 1 is 0.862 bits per heavy atom. The molecular formula is C26H29FNO+. The maximum absolute atomic E-state index is 13.6. The zero-order chi connectivity index (χ0) is 20.4. The molecule has 0 amide bonds. The number of aliphatic hydroxyl groups is 1. The van der Waals surface area contributed by atoms with Gasteiger partial charge in [0.05, 0.1) is 5.92 Å². The lowest BCUT2D eigenvalue weighted by Gasteiger charge is -2.48. The van der Waals surface area contributed by atoms with Crippen LogP contribution in [0.4, 0.5) is 4.39 Å². The standard InChI is InChI=1S/C26H28FNO/c1-18(2)24-25(20-11-7-4-8-12-20)28-23(19-9-5-3-6-10-19)17-26(24,29)21-13-15-22(27)16-14-21/h3-16,18,23-25,28-29H,17H2,1-2H3/p+1. The fourth-order valence-electron chi connectivity index (χ4n) is 5.14. The summed E-state index contributed by atoms with van der Waals surface area (Å²) in [5.41, 5.74) is 2.17. The molecule has 4 rings (SSSR count). The third-order valence-electron chi connectivity index (χ3n) is 6.38. The van der Waals surface area contributed by atoms with Crippen LogP contribution in [0.2, 0.25) is 0 Å². The molecule has 29 heavy (non-hydrogen) atoms. The molecule has 150 valence electrons. The minimum absolute atomic E-state index is 0.00433. The maximum Gasteiger partial charge on any atom is 0.123 e. The molecule has 3 heteroatoms. The Balaban J connectivity index is 1.84. The molecular weight excluding hydrogens is 361 g/mol. The van der Waals surface area contributed by atoms with Crippen molar-refractivity contribution < 1.29 is 14.8 Å². The zero-order valence-electron chi connectivity index (χ0n) is 17.0. The van der Waals surface area contributed by atoms with E-state index >= 15 is 0 Å². The molecule has 0 aliphatic carbocycles. The van der Waals surface area contributed by atoms with Crippen molar-refractivity contribution in [2.75, 3.05) is 0 Å². The summed E-state index contributed by atoms with van der Waals surface area (Å²) in [7, 11) is 0. The van der Waals surface area contributed by atoms with Gasteiger partial charge in [0.15, 0.2) is 0 Å². The van der Waals surface area contributed by atoms with E-state index in [2.05, 4.69) is 55.6 Å². The number of benzene rings is 3. The Bertz CT molecular complexity index is 926. The second-order valence-electron chi connectivity index (χ2n) is 8.55. The van der Waals surface area contributed by atoms with E-state index in [1.807, 2.05) is 24.3 Å². The number of hydrogen-bond donors (Lipinski definition) is 2. The lowest BCUT2D eigenvalue weighted by molar-refractivity contribution is -0.759. The summed E-state index contributed by atoms with van der Waals surface area (Å²) < 4.78 is 13.6. The third kappa shape index (κ3) is 3.85. The highest BCUT2D eigenvalue weighted by molar-refractivity contribution is 5.30. The molecule has 0 radical (unpaired) electrons. The van der Waals surface area contributed by atoms with Crippen molar-refractivity contribution in [3.8, 4) is 0 Å². The van der Waals surface area contributed by atoms with Crippen LogP contribution in [0.15, 0.2) is 84.9 Å². The Morgan fingerprint density at radius 2 is 1.41 bits per heavy atom. The third-order valence-corrected chi connectivity index (χ3v) is 6.38. The van der Waals surface area contributed by atoms with Crippen molar-refractivity contribution in [1.29, 1.82) is 0 Å². The lowest BCUT2D eigenvalue weighted by Crippen LogP contribution is -2.91. The van der Waals surface area contributed by atoms with E-state index < -0.39 is 5.60 Å². The van der Waals surface area contributed by atoms with E-state index in [4.69, 9.17) is 0 Å². The first-order chi connectivity index (χ1) is 14.0. The number of piperidine rings is 1. The van der Waals surface area contributed by atoms with Gasteiger partial charge in [0, 0.05) is 17.5 Å². The molecule has 3 aromatic carbocycles. The zero-order valence-corrected chi connectivity index (χ0v) is 17.0. The van der Waals surface area contributed by atoms with Crippen molar-refractivity contribution >= 4 is 0 Å². The maximum atomic E-state index is 13.6. The summed E-state index contributed by atoms with van der Waals surface area (Å²) in [6.07, 6.45) is 0.592. The highest BCUT2D eigenvalue weighted by atomic mass is 19.1. The summed E-state index contributed by atoms with van der Waals surface area (Å²) in [4.78, 5) is 0. The number of nitrogens with two attached hydrogens (primary N) is 1. The first-order valence-electron chi connectivity index (χ1n) is 10.4. The van der Waals surface area contributed by atoms with Crippen LogP contribution in [0.3, 0.4) is 0 Å². The molecule has 1 aliphatic rings. The Morgan fingerprint density at radius 3 is 1.97 bits per heavy atom. The number of halogens is 1. The molecule has 4 unspecified atom stereocenters. The van der Waals surface area contributed by atoms with Gasteiger partial charge in [-0.25, -0.2) is 4.39 Å². The van der Waals surface area contributed by atoms with Crippen LogP contribution in [-0.2, 0) is 5.60 Å². The predicted octanol–water partition coefficient (Wildman–Crippen LogP) is 4.74. The molecule has 1 heterocycles. The van der Waals surface area contributed by atoms with Gasteiger partial charge in [-0.3, -0.25) is 0 Å². The minimum atomic E-state index is -1.04. The van der Waals surface area contributed by atoms with Gasteiger partial charge in [-0.2, -0.15) is 0 Å². The van der Waals surface area contributed by atoms with E-state index in [1.165, 1.54) is 23.3 Å². The topological polar surface area (TPSA) is 36.8 Å². The van der Waals surface area contributed by atoms with Crippen molar-refractivity contribution in [2.45, 2.75) is 38.0 Å². The molecule has 1 saturated heterocycles. The van der Waals surface area contributed by atoms with Crippen LogP contribution in [0, 0.1) is 17.7 Å². The highest BCUT2D eigenvalue weighted by Gasteiger charge is 2.53. The van der Waals surface area contributed by atoms with Crippen LogP contribution in [0.5, 0.6) is 0 Å². The molecule has 1 aliphatic heterocycles. The number of rotatable bonds is 4. The molecule has 0 bridgehead atoms. The summed E-state index contributed by atoms with van der Waals surface area (Å²) in [6.45, 7) is 4.34. The first-order valence-corrected chi connectivity index (χ1v) is 10.4. The van der Waals surface area contributed by atoms with E-state index in [0.29, 0.717) is 6.42 Å². The van der Waals surface area contributed by atoms with Gasteiger partial charge < -0.3 is 10.4 Å². The van der Waals surface area contributed by atoms with Gasteiger partial charge in [0.2, 0.25) is 0 Å². The number of hydrogen-bond acceptors (Lipinski definition) is 1. The van der Waals surface area contributed by atoms with Gasteiger partial charge in [-0.15, -0.1) is 0 Å². The smallest absolute Gasteiger partial charge is 0.123 e. The Labute approximate surface area is 172 Å². The largest absolute Gasteiger partial charge is 0.384 e. The van der Waals surface area contributed by atoms with Crippen LogP contribution < -0.4 is 5.32 Å². The van der Waals surface area contributed by atoms with Crippen molar-refractivity contribution in [3.63, 3.8) is 0 Å². The molecule has 1 fully saturated rings. The second-order valence-corrected chi connectivity index (χ2v) is 8.55. The van der Waals surface area contributed by atoms with Crippen molar-refractivity contribution in [1.82, 2.24) is 0 Å². The van der Waals surface area contributed by atoms with E-state index in [-0.39, 0.29) is 29.7 Å². The summed E-state index contributed by atoms with van der Waals surface area (Å²) in [6, 6.07) is 27.4. The van der Waals surface area contributed by atoms with Gasteiger partial charge in [0.1, 0.15) is 23.5 Å². The molecule has 3 N–H and O–H groups in total. The van der Waals surface area contributed by atoms with Crippen molar-refractivity contribution in [3.05, 3.63) is 107 Å². The van der Waals surface area contributed by atoms with E-state index in [1.54, 1.807) is 12.1 Å². The van der Waals surface area contributed by atoms with Crippen LogP contribution in [0.25, 0.3) is 0 Å². The van der Waals surface area contributed by atoms with Crippen molar-refractivity contribution in [2.24, 2.45) is 11.8 Å². The van der Waals surface area contributed by atoms with E-state index in [9.17, 15) is 9.50 Å². The van der Waals surface area contributed by atoms with Gasteiger partial charge in [0.25, 0.3) is 0 Å². The summed E-state index contributed by atoms with van der Waals surface area (Å²) in [5.74, 6) is -0.0291. The van der Waals surface area contributed by atoms with Crippen LogP contribution in [0.1, 0.15) is 49.0 Å². The fraction of sp³-hybridized carbons (Fsp3) is 0.308. The van der Waals surface area contributed by atoms with Gasteiger partial charge >= 0.3 is 0 Å².